The number of para-hydroxylation sites is 1. The van der Waals surface area contributed by atoms with E-state index in [0.29, 0.717) is 0 Å². The van der Waals surface area contributed by atoms with Crippen LogP contribution in [0.4, 0.5) is 11.4 Å². The highest BCUT2D eigenvalue weighted by Crippen LogP contribution is 2.27. The topological polar surface area (TPSA) is 127 Å². The number of carbonyl (C=O) groups is 2. The van der Waals surface area contributed by atoms with Gasteiger partial charge in [0.25, 0.3) is 11.6 Å². The summed E-state index contributed by atoms with van der Waals surface area (Å²) in [5.41, 5.74) is 5.19. The SMILES string of the molecule is CNc1c(C(=O)NC(C(N)=O)C(C)C)cccc1[N+](=O)[O-]. The summed E-state index contributed by atoms with van der Waals surface area (Å²) < 4.78 is 0. The predicted molar refractivity (Wildman–Crippen MR) is 77.9 cm³/mol. The van der Waals surface area contributed by atoms with Gasteiger partial charge in [0.15, 0.2) is 0 Å². The predicted octanol–water partition coefficient (Wildman–Crippen LogP) is 0.876. The number of nitrogens with zero attached hydrogens (tertiary/aromatic N) is 1. The highest BCUT2D eigenvalue weighted by atomic mass is 16.6. The molecule has 21 heavy (non-hydrogen) atoms. The minimum atomic E-state index is -0.846. The minimum absolute atomic E-state index is 0.0820. The van der Waals surface area contributed by atoms with Gasteiger partial charge in [0.2, 0.25) is 5.91 Å². The first kappa shape index (κ1) is 16.4. The van der Waals surface area contributed by atoms with E-state index in [-0.39, 0.29) is 22.9 Å². The molecule has 2 amide bonds. The Bertz CT molecular complexity index is 571. The van der Waals surface area contributed by atoms with E-state index in [0.717, 1.165) is 0 Å². The standard InChI is InChI=1S/C13H18N4O4/c1-7(2)10(12(14)18)16-13(19)8-5-4-6-9(17(20)21)11(8)15-3/h4-7,10,15H,1-3H3,(H2,14,18)(H,16,19). The molecule has 8 heteroatoms. The quantitative estimate of drug-likeness (QED) is 0.530. The van der Waals surface area contributed by atoms with E-state index in [2.05, 4.69) is 10.6 Å². The molecule has 1 unspecified atom stereocenters. The van der Waals surface area contributed by atoms with Gasteiger partial charge >= 0.3 is 0 Å². The van der Waals surface area contributed by atoms with Crippen LogP contribution >= 0.6 is 0 Å². The molecule has 0 saturated heterocycles. The second kappa shape index (κ2) is 6.69. The first-order chi connectivity index (χ1) is 9.79. The van der Waals surface area contributed by atoms with Gasteiger partial charge in [-0.25, -0.2) is 0 Å². The fourth-order valence-electron chi connectivity index (χ4n) is 1.93. The number of primary amides is 1. The zero-order chi connectivity index (χ0) is 16.2. The molecule has 0 saturated carbocycles. The van der Waals surface area contributed by atoms with E-state index in [1.165, 1.54) is 25.2 Å². The van der Waals surface area contributed by atoms with Crippen molar-refractivity contribution in [2.45, 2.75) is 19.9 Å². The Balaban J connectivity index is 3.16. The molecular weight excluding hydrogens is 276 g/mol. The molecule has 1 atom stereocenters. The van der Waals surface area contributed by atoms with Crippen molar-refractivity contribution in [2.24, 2.45) is 11.7 Å². The second-order valence-corrected chi connectivity index (χ2v) is 4.80. The molecule has 0 aromatic heterocycles. The van der Waals surface area contributed by atoms with Gasteiger partial charge in [-0.2, -0.15) is 0 Å². The number of benzene rings is 1. The molecule has 0 aliphatic rings. The number of nitrogens with one attached hydrogen (secondary N) is 2. The average Bonchev–Trinajstić information content (AvgIpc) is 2.42. The lowest BCUT2D eigenvalue weighted by Crippen LogP contribution is -2.47. The molecular formula is C13H18N4O4. The van der Waals surface area contributed by atoms with Crippen LogP contribution in [0.25, 0.3) is 0 Å². The Kier molecular flexibility index (Phi) is 5.23. The summed E-state index contributed by atoms with van der Waals surface area (Å²) in [5, 5.41) is 16.1. The van der Waals surface area contributed by atoms with Gasteiger partial charge in [0.1, 0.15) is 11.7 Å². The maximum atomic E-state index is 12.2. The number of nitro groups is 1. The number of hydrogen-bond acceptors (Lipinski definition) is 5. The zero-order valence-corrected chi connectivity index (χ0v) is 12.0. The molecule has 0 aliphatic heterocycles. The van der Waals surface area contributed by atoms with Gasteiger partial charge in [-0.15, -0.1) is 0 Å². The molecule has 1 aromatic rings. The van der Waals surface area contributed by atoms with Gasteiger partial charge in [0, 0.05) is 13.1 Å². The fourth-order valence-corrected chi connectivity index (χ4v) is 1.93. The number of nitro benzene ring substituents is 1. The normalized spacial score (nSPS) is 11.8. The largest absolute Gasteiger partial charge is 0.382 e. The molecule has 0 fully saturated rings. The molecule has 0 aliphatic carbocycles. The molecule has 8 nitrogen and oxygen atoms in total. The number of nitrogens with two attached hydrogens (primary N) is 1. The van der Waals surface area contributed by atoms with Crippen LogP contribution in [0, 0.1) is 16.0 Å². The molecule has 0 spiro atoms. The maximum Gasteiger partial charge on any atom is 0.293 e. The molecule has 114 valence electrons. The molecule has 0 heterocycles. The minimum Gasteiger partial charge on any atom is -0.382 e. The fraction of sp³-hybridized carbons (Fsp3) is 0.385. The number of carbonyl (C=O) groups excluding carboxylic acids is 2. The Morgan fingerprint density at radius 3 is 2.38 bits per heavy atom. The Morgan fingerprint density at radius 1 is 1.33 bits per heavy atom. The molecule has 1 rings (SSSR count). The van der Waals surface area contributed by atoms with Crippen LogP contribution in [0.2, 0.25) is 0 Å². The van der Waals surface area contributed by atoms with E-state index < -0.39 is 22.8 Å². The van der Waals surface area contributed by atoms with Crippen LogP contribution in [-0.4, -0.2) is 29.8 Å². The van der Waals surface area contributed by atoms with Crippen LogP contribution in [0.3, 0.4) is 0 Å². The van der Waals surface area contributed by atoms with Crippen molar-refractivity contribution in [1.29, 1.82) is 0 Å². The first-order valence-electron chi connectivity index (χ1n) is 6.35. The summed E-state index contributed by atoms with van der Waals surface area (Å²) in [6, 6.07) is 3.28. The average molecular weight is 294 g/mol. The lowest BCUT2D eigenvalue weighted by molar-refractivity contribution is -0.384. The van der Waals surface area contributed by atoms with Crippen molar-refractivity contribution in [2.75, 3.05) is 12.4 Å². The first-order valence-corrected chi connectivity index (χ1v) is 6.35. The third-order valence-corrected chi connectivity index (χ3v) is 2.99. The molecule has 1 aromatic carbocycles. The zero-order valence-electron chi connectivity index (χ0n) is 12.0. The van der Waals surface area contributed by atoms with Gasteiger partial charge in [-0.05, 0) is 12.0 Å². The van der Waals surface area contributed by atoms with Crippen molar-refractivity contribution >= 4 is 23.2 Å². The number of amides is 2. The summed E-state index contributed by atoms with van der Waals surface area (Å²) in [7, 11) is 1.48. The van der Waals surface area contributed by atoms with Gasteiger partial charge in [-0.1, -0.05) is 19.9 Å². The second-order valence-electron chi connectivity index (χ2n) is 4.80. The van der Waals surface area contributed by atoms with Gasteiger partial charge in [-0.3, -0.25) is 19.7 Å². The summed E-state index contributed by atoms with van der Waals surface area (Å²) >= 11 is 0. The highest BCUT2D eigenvalue weighted by Gasteiger charge is 2.26. The van der Waals surface area contributed by atoms with Crippen molar-refractivity contribution in [3.05, 3.63) is 33.9 Å². The molecule has 4 N–H and O–H groups in total. The van der Waals surface area contributed by atoms with Crippen molar-refractivity contribution < 1.29 is 14.5 Å². The van der Waals surface area contributed by atoms with Crippen LogP contribution in [-0.2, 0) is 4.79 Å². The smallest absolute Gasteiger partial charge is 0.293 e. The Labute approximate surface area is 121 Å². The maximum absolute atomic E-state index is 12.2. The van der Waals surface area contributed by atoms with E-state index in [9.17, 15) is 19.7 Å². The van der Waals surface area contributed by atoms with E-state index in [1.807, 2.05) is 0 Å². The third kappa shape index (κ3) is 3.68. The summed E-state index contributed by atoms with van der Waals surface area (Å²) in [6.07, 6.45) is 0. The van der Waals surface area contributed by atoms with Crippen LogP contribution < -0.4 is 16.4 Å². The van der Waals surface area contributed by atoms with E-state index >= 15 is 0 Å². The van der Waals surface area contributed by atoms with E-state index in [1.54, 1.807) is 13.8 Å². The lowest BCUT2D eigenvalue weighted by Gasteiger charge is -2.19. The van der Waals surface area contributed by atoms with E-state index in [4.69, 9.17) is 5.73 Å². The lowest BCUT2D eigenvalue weighted by atomic mass is 10.0. The number of anilines is 1. The molecule has 0 radical (unpaired) electrons. The monoisotopic (exact) mass is 294 g/mol. The van der Waals surface area contributed by atoms with Gasteiger partial charge < -0.3 is 16.4 Å². The van der Waals surface area contributed by atoms with Gasteiger partial charge in [0.05, 0.1) is 10.5 Å². The Hall–Kier alpha value is -2.64. The summed E-state index contributed by atoms with van der Waals surface area (Å²) in [5.74, 6) is -1.45. The highest BCUT2D eigenvalue weighted by molar-refractivity contribution is 6.03. The van der Waals surface area contributed by atoms with Crippen LogP contribution in [0.5, 0.6) is 0 Å². The van der Waals surface area contributed by atoms with Crippen molar-refractivity contribution in [3.8, 4) is 0 Å². The number of rotatable bonds is 6. The third-order valence-electron chi connectivity index (χ3n) is 2.99. The van der Waals surface area contributed by atoms with Crippen LogP contribution in [0.1, 0.15) is 24.2 Å². The van der Waals surface area contributed by atoms with Crippen LogP contribution in [0.15, 0.2) is 18.2 Å². The molecule has 0 bridgehead atoms. The summed E-state index contributed by atoms with van der Waals surface area (Å²) in [6.45, 7) is 3.48. The number of hydrogen-bond donors (Lipinski definition) is 3. The van der Waals surface area contributed by atoms with Crippen molar-refractivity contribution in [3.63, 3.8) is 0 Å². The Morgan fingerprint density at radius 2 is 1.95 bits per heavy atom. The van der Waals surface area contributed by atoms with Crippen molar-refractivity contribution in [1.82, 2.24) is 5.32 Å². The summed E-state index contributed by atoms with van der Waals surface area (Å²) in [4.78, 5) is 33.9.